The van der Waals surface area contributed by atoms with Gasteiger partial charge in [0.25, 0.3) is 0 Å². The van der Waals surface area contributed by atoms with E-state index >= 15 is 0 Å². The molecule has 7 heteroatoms. The molecule has 27 heavy (non-hydrogen) atoms. The summed E-state index contributed by atoms with van der Waals surface area (Å²) in [6.45, 7) is 2.15. The lowest BCUT2D eigenvalue weighted by Crippen LogP contribution is -2.07. The minimum absolute atomic E-state index is 0.162. The van der Waals surface area contributed by atoms with Crippen molar-refractivity contribution in [2.45, 2.75) is 13.3 Å². The molecule has 0 saturated carbocycles. The fourth-order valence-electron chi connectivity index (χ4n) is 2.46. The van der Waals surface area contributed by atoms with Gasteiger partial charge in [0.1, 0.15) is 0 Å². The van der Waals surface area contributed by atoms with Crippen LogP contribution in [-0.2, 0) is 16.0 Å². The number of hydrazone groups is 1. The molecule has 1 aromatic heterocycles. The van der Waals surface area contributed by atoms with Crippen molar-refractivity contribution in [3.8, 4) is 11.1 Å². The zero-order chi connectivity index (χ0) is 19.1. The van der Waals surface area contributed by atoms with E-state index in [0.717, 1.165) is 16.7 Å². The highest BCUT2D eigenvalue weighted by molar-refractivity contribution is 7.13. The standard InChI is InChI=1S/C20H18ClN3O2S/c1-2-26-19(25)11-17-13-27-20(23-17)24-22-12-15-5-3-4-6-18(15)14-7-9-16(21)10-8-14/h3-10,12-13H,2,11H2,1H3,(H,23,24). The summed E-state index contributed by atoms with van der Waals surface area (Å²) in [6.07, 6.45) is 1.91. The van der Waals surface area contributed by atoms with Crippen molar-refractivity contribution in [2.75, 3.05) is 12.0 Å². The normalized spacial score (nSPS) is 10.9. The maximum atomic E-state index is 11.5. The molecule has 0 amide bonds. The monoisotopic (exact) mass is 399 g/mol. The van der Waals surface area contributed by atoms with Crippen molar-refractivity contribution in [1.29, 1.82) is 0 Å². The van der Waals surface area contributed by atoms with Crippen LogP contribution in [0.1, 0.15) is 18.2 Å². The minimum Gasteiger partial charge on any atom is -0.466 e. The van der Waals surface area contributed by atoms with E-state index in [-0.39, 0.29) is 12.4 Å². The highest BCUT2D eigenvalue weighted by atomic mass is 35.5. The van der Waals surface area contributed by atoms with Gasteiger partial charge in [0.2, 0.25) is 5.13 Å². The van der Waals surface area contributed by atoms with E-state index < -0.39 is 0 Å². The van der Waals surface area contributed by atoms with E-state index in [2.05, 4.69) is 15.5 Å². The number of aromatic nitrogens is 1. The fourth-order valence-corrected chi connectivity index (χ4v) is 3.24. The Kier molecular flexibility index (Phi) is 6.57. The summed E-state index contributed by atoms with van der Waals surface area (Å²) in [5.41, 5.74) is 6.66. The van der Waals surface area contributed by atoms with E-state index in [1.165, 1.54) is 11.3 Å². The molecule has 0 atom stereocenters. The van der Waals surface area contributed by atoms with E-state index in [9.17, 15) is 4.79 Å². The molecule has 1 heterocycles. The number of anilines is 1. The number of nitrogens with zero attached hydrogens (tertiary/aromatic N) is 2. The molecule has 0 fully saturated rings. The van der Waals surface area contributed by atoms with Crippen LogP contribution in [-0.4, -0.2) is 23.8 Å². The molecule has 5 nitrogen and oxygen atoms in total. The zero-order valence-electron chi connectivity index (χ0n) is 14.7. The number of hydrogen-bond acceptors (Lipinski definition) is 6. The first-order valence-corrected chi connectivity index (χ1v) is 9.65. The molecule has 2 aromatic carbocycles. The van der Waals surface area contributed by atoms with Crippen molar-refractivity contribution in [1.82, 2.24) is 4.98 Å². The van der Waals surface area contributed by atoms with Crippen molar-refractivity contribution < 1.29 is 9.53 Å². The first-order valence-electron chi connectivity index (χ1n) is 8.40. The molecule has 0 aliphatic rings. The minimum atomic E-state index is -0.283. The lowest BCUT2D eigenvalue weighted by molar-refractivity contribution is -0.142. The summed E-state index contributed by atoms with van der Waals surface area (Å²) in [5, 5.41) is 7.41. The Morgan fingerprint density at radius 1 is 1.26 bits per heavy atom. The average molecular weight is 400 g/mol. The number of nitrogens with one attached hydrogen (secondary N) is 1. The number of ether oxygens (including phenoxy) is 1. The number of halogens is 1. The molecule has 0 unspecified atom stereocenters. The molecule has 0 radical (unpaired) electrons. The molecular formula is C20H18ClN3O2S. The molecule has 1 N–H and O–H groups in total. The Hall–Kier alpha value is -2.70. The van der Waals surface area contributed by atoms with Gasteiger partial charge in [0.15, 0.2) is 0 Å². The summed E-state index contributed by atoms with van der Waals surface area (Å²) >= 11 is 7.36. The average Bonchev–Trinajstić information content (AvgIpc) is 3.10. The van der Waals surface area contributed by atoms with Crippen LogP contribution in [0.15, 0.2) is 59.0 Å². The van der Waals surface area contributed by atoms with Crippen molar-refractivity contribution in [3.63, 3.8) is 0 Å². The predicted octanol–water partition coefficient (Wildman–Crippen LogP) is 5.02. The first-order chi connectivity index (χ1) is 13.2. The predicted molar refractivity (Wildman–Crippen MR) is 111 cm³/mol. The van der Waals surface area contributed by atoms with Crippen molar-refractivity contribution in [2.24, 2.45) is 5.10 Å². The summed E-state index contributed by atoms with van der Waals surface area (Å²) in [6, 6.07) is 15.6. The van der Waals surface area contributed by atoms with Gasteiger partial charge >= 0.3 is 5.97 Å². The molecule has 3 rings (SSSR count). The quantitative estimate of drug-likeness (QED) is 0.344. The summed E-state index contributed by atoms with van der Waals surface area (Å²) in [5.74, 6) is -0.283. The molecule has 0 aliphatic carbocycles. The van der Waals surface area contributed by atoms with E-state index in [1.54, 1.807) is 13.1 Å². The summed E-state index contributed by atoms with van der Waals surface area (Å²) in [7, 11) is 0. The van der Waals surface area contributed by atoms with Crippen LogP contribution in [0.3, 0.4) is 0 Å². The molecule has 0 saturated heterocycles. The smallest absolute Gasteiger partial charge is 0.311 e. The Bertz CT molecular complexity index is 938. The maximum absolute atomic E-state index is 11.5. The van der Waals surface area contributed by atoms with Gasteiger partial charge in [-0.3, -0.25) is 10.2 Å². The number of hydrogen-bond donors (Lipinski definition) is 1. The van der Waals surface area contributed by atoms with Gasteiger partial charge in [-0.2, -0.15) is 5.10 Å². The number of thiazole rings is 1. The van der Waals surface area contributed by atoms with Gasteiger partial charge in [-0.05, 0) is 30.2 Å². The first kappa shape index (κ1) is 19.1. The van der Waals surface area contributed by atoms with Crippen molar-refractivity contribution in [3.05, 3.63) is 70.2 Å². The maximum Gasteiger partial charge on any atom is 0.311 e. The molecule has 0 bridgehead atoms. The van der Waals surface area contributed by atoms with Crippen LogP contribution >= 0.6 is 22.9 Å². The van der Waals surface area contributed by atoms with Crippen LogP contribution in [0.4, 0.5) is 5.13 Å². The number of benzene rings is 2. The van der Waals surface area contributed by atoms with Crippen LogP contribution in [0.5, 0.6) is 0 Å². The topological polar surface area (TPSA) is 63.6 Å². The van der Waals surface area contributed by atoms with Crippen LogP contribution in [0.25, 0.3) is 11.1 Å². The van der Waals surface area contributed by atoms with Crippen molar-refractivity contribution >= 4 is 40.3 Å². The molecule has 0 spiro atoms. The number of carbonyl (C=O) groups excluding carboxylic acids is 1. The van der Waals surface area contributed by atoms with Crippen LogP contribution in [0, 0.1) is 0 Å². The largest absolute Gasteiger partial charge is 0.466 e. The number of esters is 1. The van der Waals surface area contributed by atoms with Gasteiger partial charge in [0, 0.05) is 16.0 Å². The lowest BCUT2D eigenvalue weighted by atomic mass is 10.0. The van der Waals surface area contributed by atoms with Crippen LogP contribution in [0.2, 0.25) is 5.02 Å². The van der Waals surface area contributed by atoms with Crippen LogP contribution < -0.4 is 5.43 Å². The van der Waals surface area contributed by atoms with Gasteiger partial charge in [-0.25, -0.2) is 4.98 Å². The second kappa shape index (κ2) is 9.30. The fraction of sp³-hybridized carbons (Fsp3) is 0.150. The van der Waals surface area contributed by atoms with Gasteiger partial charge < -0.3 is 4.74 Å². The summed E-state index contributed by atoms with van der Waals surface area (Å²) in [4.78, 5) is 15.8. The molecular weight excluding hydrogens is 382 g/mol. The second-order valence-electron chi connectivity index (χ2n) is 5.59. The molecule has 138 valence electrons. The Labute approximate surface area is 166 Å². The third kappa shape index (κ3) is 5.39. The lowest BCUT2D eigenvalue weighted by Gasteiger charge is -2.06. The Balaban J connectivity index is 1.68. The van der Waals surface area contributed by atoms with E-state index in [1.807, 2.05) is 53.9 Å². The van der Waals surface area contributed by atoms with E-state index in [4.69, 9.17) is 16.3 Å². The molecule has 3 aromatic rings. The number of carbonyl (C=O) groups is 1. The van der Waals surface area contributed by atoms with Gasteiger partial charge in [-0.15, -0.1) is 11.3 Å². The molecule has 0 aliphatic heterocycles. The number of rotatable bonds is 7. The third-order valence-corrected chi connectivity index (χ3v) is 4.71. The Morgan fingerprint density at radius 2 is 2.04 bits per heavy atom. The highest BCUT2D eigenvalue weighted by Gasteiger charge is 2.08. The summed E-state index contributed by atoms with van der Waals surface area (Å²) < 4.78 is 4.92. The Morgan fingerprint density at radius 3 is 2.81 bits per heavy atom. The van der Waals surface area contributed by atoms with E-state index in [0.29, 0.717) is 22.5 Å². The second-order valence-corrected chi connectivity index (χ2v) is 6.88. The zero-order valence-corrected chi connectivity index (χ0v) is 16.3. The third-order valence-electron chi connectivity index (χ3n) is 3.66. The SMILES string of the molecule is CCOC(=O)Cc1csc(NN=Cc2ccccc2-c2ccc(Cl)cc2)n1. The van der Waals surface area contributed by atoms with Gasteiger partial charge in [-0.1, -0.05) is 48.0 Å². The van der Waals surface area contributed by atoms with Gasteiger partial charge in [0.05, 0.1) is 24.9 Å². The highest BCUT2D eigenvalue weighted by Crippen LogP contribution is 2.24.